The maximum atomic E-state index is 15.0. The van der Waals surface area contributed by atoms with Gasteiger partial charge in [0.05, 0.1) is 10.6 Å². The van der Waals surface area contributed by atoms with Crippen LogP contribution in [0.4, 0.5) is 10.1 Å². The fourth-order valence-electron chi connectivity index (χ4n) is 4.81. The van der Waals surface area contributed by atoms with E-state index in [0.29, 0.717) is 0 Å². The highest BCUT2D eigenvalue weighted by Gasteiger charge is 2.34. The molecule has 3 aromatic carbocycles. The predicted octanol–water partition coefficient (Wildman–Crippen LogP) is 5.57. The summed E-state index contributed by atoms with van der Waals surface area (Å²) in [5, 5.41) is 3.03. The van der Waals surface area contributed by atoms with Crippen LogP contribution in [0.3, 0.4) is 0 Å². The van der Waals surface area contributed by atoms with Crippen LogP contribution in [0, 0.1) is 12.7 Å². The average Bonchev–Trinajstić information content (AvgIpc) is 3.43. The summed E-state index contributed by atoms with van der Waals surface area (Å²) < 4.78 is 44.2. The first-order valence-corrected chi connectivity index (χ1v) is 15.5. The van der Waals surface area contributed by atoms with E-state index >= 15 is 4.39 Å². The van der Waals surface area contributed by atoms with Crippen LogP contribution >= 0.6 is 15.9 Å². The largest absolute Gasteiger partial charge is 0.352 e. The number of halogens is 2. The molecule has 1 aliphatic carbocycles. The van der Waals surface area contributed by atoms with Gasteiger partial charge in [0.15, 0.2) is 0 Å². The number of para-hydroxylation sites is 1. The molecule has 1 N–H and O–H groups in total. The number of hydrogen-bond donors (Lipinski definition) is 1. The molecule has 0 heterocycles. The van der Waals surface area contributed by atoms with Gasteiger partial charge < -0.3 is 10.2 Å². The molecule has 1 atom stereocenters. The number of sulfonamides is 1. The highest BCUT2D eigenvalue weighted by molar-refractivity contribution is 9.10. The second-order valence-electron chi connectivity index (χ2n) is 10.1. The van der Waals surface area contributed by atoms with Gasteiger partial charge in [-0.1, -0.05) is 70.7 Å². The molecule has 10 heteroatoms. The first-order chi connectivity index (χ1) is 19.1. The van der Waals surface area contributed by atoms with Crippen molar-refractivity contribution in [1.82, 2.24) is 10.2 Å². The molecular formula is C30H33BrFN3O4S. The Hall–Kier alpha value is -3.24. The Balaban J connectivity index is 1.69. The van der Waals surface area contributed by atoms with Crippen molar-refractivity contribution in [2.24, 2.45) is 0 Å². The summed E-state index contributed by atoms with van der Waals surface area (Å²) in [5.41, 5.74) is 1.36. The first kappa shape index (κ1) is 29.7. The second kappa shape index (κ2) is 13.0. The molecule has 3 aromatic rings. The summed E-state index contributed by atoms with van der Waals surface area (Å²) in [6, 6.07) is 18.1. The molecule has 1 saturated carbocycles. The summed E-state index contributed by atoms with van der Waals surface area (Å²) in [7, 11) is -4.33. The number of amides is 2. The lowest BCUT2D eigenvalue weighted by molar-refractivity contribution is -0.139. The number of hydrogen-bond acceptors (Lipinski definition) is 4. The van der Waals surface area contributed by atoms with E-state index in [-0.39, 0.29) is 29.1 Å². The molecule has 0 aromatic heterocycles. The van der Waals surface area contributed by atoms with Crippen LogP contribution < -0.4 is 9.62 Å². The minimum atomic E-state index is -4.33. The van der Waals surface area contributed by atoms with Gasteiger partial charge in [-0.3, -0.25) is 13.9 Å². The Labute approximate surface area is 243 Å². The lowest BCUT2D eigenvalue weighted by Crippen LogP contribution is -2.52. The van der Waals surface area contributed by atoms with E-state index in [2.05, 4.69) is 21.2 Å². The number of nitrogens with one attached hydrogen (secondary N) is 1. The summed E-state index contributed by atoms with van der Waals surface area (Å²) in [4.78, 5) is 28.5. The number of anilines is 1. The molecular weight excluding hydrogens is 597 g/mol. The number of rotatable bonds is 10. The Morgan fingerprint density at radius 1 is 1.02 bits per heavy atom. The lowest BCUT2D eigenvalue weighted by atomic mass is 10.1. The van der Waals surface area contributed by atoms with Crippen molar-refractivity contribution in [1.29, 1.82) is 0 Å². The molecule has 0 saturated heterocycles. The van der Waals surface area contributed by atoms with E-state index in [0.717, 1.165) is 51.7 Å². The van der Waals surface area contributed by atoms with Gasteiger partial charge in [-0.25, -0.2) is 12.8 Å². The summed E-state index contributed by atoms with van der Waals surface area (Å²) in [6.07, 6.45) is 3.84. The Kier molecular flexibility index (Phi) is 9.63. The summed E-state index contributed by atoms with van der Waals surface area (Å²) in [6.45, 7) is 2.83. The van der Waals surface area contributed by atoms with E-state index in [1.54, 1.807) is 19.1 Å². The van der Waals surface area contributed by atoms with Gasteiger partial charge >= 0.3 is 0 Å². The molecule has 0 radical (unpaired) electrons. The zero-order valence-corrected chi connectivity index (χ0v) is 24.9. The van der Waals surface area contributed by atoms with E-state index in [1.165, 1.54) is 35.2 Å². The van der Waals surface area contributed by atoms with Crippen molar-refractivity contribution >= 4 is 43.5 Å². The van der Waals surface area contributed by atoms with Gasteiger partial charge in [-0.2, -0.15) is 0 Å². The van der Waals surface area contributed by atoms with Crippen LogP contribution in [-0.2, 0) is 26.2 Å². The molecule has 212 valence electrons. The number of aryl methyl sites for hydroxylation is 1. The van der Waals surface area contributed by atoms with Gasteiger partial charge in [0, 0.05) is 17.1 Å². The third-order valence-corrected chi connectivity index (χ3v) is 9.39. The van der Waals surface area contributed by atoms with Crippen molar-refractivity contribution in [2.75, 3.05) is 10.8 Å². The molecule has 40 heavy (non-hydrogen) atoms. The standard InChI is InChI=1S/C30H33BrFN3O4S/c1-21-14-16-26(17-15-21)40(38,39)35(28-13-6-5-12-27(28)32)20-29(36)34(19-23-8-7-9-24(31)18-23)22(2)30(37)33-25-10-3-4-11-25/h5-9,12-18,22,25H,3-4,10-11,19-20H2,1-2H3,(H,33,37). The molecule has 1 fully saturated rings. The van der Waals surface area contributed by atoms with Gasteiger partial charge in [-0.05, 0) is 68.7 Å². The van der Waals surface area contributed by atoms with E-state index < -0.39 is 34.3 Å². The fraction of sp³-hybridized carbons (Fsp3) is 0.333. The predicted molar refractivity (Wildman–Crippen MR) is 157 cm³/mol. The SMILES string of the molecule is Cc1ccc(S(=O)(=O)N(CC(=O)N(Cc2cccc(Br)c2)C(C)C(=O)NC2CCCC2)c2ccccc2F)cc1. The topological polar surface area (TPSA) is 86.8 Å². The van der Waals surface area contributed by atoms with Crippen LogP contribution in [0.25, 0.3) is 0 Å². The number of nitrogens with zero attached hydrogens (tertiary/aromatic N) is 2. The van der Waals surface area contributed by atoms with E-state index in [4.69, 9.17) is 0 Å². The molecule has 7 nitrogen and oxygen atoms in total. The van der Waals surface area contributed by atoms with Crippen LogP contribution in [0.5, 0.6) is 0 Å². The maximum absolute atomic E-state index is 15.0. The van der Waals surface area contributed by atoms with Crippen LogP contribution in [-0.4, -0.2) is 43.8 Å². The van der Waals surface area contributed by atoms with Crippen LogP contribution in [0.15, 0.2) is 82.2 Å². The molecule has 2 amide bonds. The number of benzene rings is 3. The maximum Gasteiger partial charge on any atom is 0.264 e. The van der Waals surface area contributed by atoms with Gasteiger partial charge in [0.25, 0.3) is 10.0 Å². The quantitative estimate of drug-likeness (QED) is 0.318. The summed E-state index contributed by atoms with van der Waals surface area (Å²) >= 11 is 3.44. The van der Waals surface area contributed by atoms with Gasteiger partial charge in [0.1, 0.15) is 18.4 Å². The summed E-state index contributed by atoms with van der Waals surface area (Å²) in [5.74, 6) is -1.72. The third-order valence-electron chi connectivity index (χ3n) is 7.12. The Morgan fingerprint density at radius 2 is 1.70 bits per heavy atom. The zero-order valence-electron chi connectivity index (χ0n) is 22.5. The average molecular weight is 631 g/mol. The third kappa shape index (κ3) is 7.09. The second-order valence-corrected chi connectivity index (χ2v) is 12.9. The van der Waals surface area contributed by atoms with Crippen molar-refractivity contribution in [3.05, 3.63) is 94.2 Å². The molecule has 0 bridgehead atoms. The molecule has 0 spiro atoms. The number of carbonyl (C=O) groups excluding carboxylic acids is 2. The monoisotopic (exact) mass is 629 g/mol. The minimum absolute atomic E-state index is 0.0506. The normalized spacial score (nSPS) is 14.5. The van der Waals surface area contributed by atoms with Gasteiger partial charge in [-0.15, -0.1) is 0 Å². The highest BCUT2D eigenvalue weighted by Crippen LogP contribution is 2.27. The molecule has 1 aliphatic rings. The van der Waals surface area contributed by atoms with E-state index in [1.807, 2.05) is 31.2 Å². The zero-order chi connectivity index (χ0) is 28.9. The van der Waals surface area contributed by atoms with Crippen molar-refractivity contribution in [2.45, 2.75) is 63.1 Å². The van der Waals surface area contributed by atoms with Crippen molar-refractivity contribution in [3.63, 3.8) is 0 Å². The molecule has 4 rings (SSSR count). The van der Waals surface area contributed by atoms with E-state index in [9.17, 15) is 18.0 Å². The van der Waals surface area contributed by atoms with Crippen molar-refractivity contribution < 1.29 is 22.4 Å². The Morgan fingerprint density at radius 3 is 2.35 bits per heavy atom. The molecule has 0 aliphatic heterocycles. The van der Waals surface area contributed by atoms with Crippen LogP contribution in [0.1, 0.15) is 43.7 Å². The number of carbonyl (C=O) groups is 2. The minimum Gasteiger partial charge on any atom is -0.352 e. The Bertz CT molecular complexity index is 1460. The smallest absolute Gasteiger partial charge is 0.264 e. The fourth-order valence-corrected chi connectivity index (χ4v) is 6.68. The van der Waals surface area contributed by atoms with Crippen molar-refractivity contribution in [3.8, 4) is 0 Å². The van der Waals surface area contributed by atoms with Crippen LogP contribution in [0.2, 0.25) is 0 Å². The lowest BCUT2D eigenvalue weighted by Gasteiger charge is -2.32. The first-order valence-electron chi connectivity index (χ1n) is 13.2. The molecule has 1 unspecified atom stereocenters. The van der Waals surface area contributed by atoms with Gasteiger partial charge in [0.2, 0.25) is 11.8 Å². The highest BCUT2D eigenvalue weighted by atomic mass is 79.9.